The van der Waals surface area contributed by atoms with E-state index in [4.69, 9.17) is 11.6 Å². The van der Waals surface area contributed by atoms with E-state index in [-0.39, 0.29) is 5.41 Å². The number of aliphatic hydroxyl groups excluding tert-OH is 1. The van der Waals surface area contributed by atoms with Gasteiger partial charge in [-0.2, -0.15) is 15.0 Å². The highest BCUT2D eigenvalue weighted by atomic mass is 35.5. The fourth-order valence-electron chi connectivity index (χ4n) is 2.78. The van der Waals surface area contributed by atoms with Crippen LogP contribution in [0.1, 0.15) is 27.7 Å². The maximum Gasteiger partial charge on any atom is 0.127 e. The second-order valence-corrected chi connectivity index (χ2v) is 7.42. The van der Waals surface area contributed by atoms with Gasteiger partial charge in [0.15, 0.2) is 0 Å². The number of nitrogens with zero attached hydrogens (tertiary/aromatic N) is 3. The van der Waals surface area contributed by atoms with Crippen LogP contribution in [0.15, 0.2) is 42.0 Å². The monoisotopic (exact) mass is 317 g/mol. The van der Waals surface area contributed by atoms with Crippen molar-refractivity contribution in [3.63, 3.8) is 0 Å². The molecule has 0 radical (unpaired) electrons. The Morgan fingerprint density at radius 3 is 2.59 bits per heavy atom. The van der Waals surface area contributed by atoms with Gasteiger partial charge >= 0.3 is 0 Å². The number of benzene rings is 1. The van der Waals surface area contributed by atoms with E-state index in [0.717, 1.165) is 16.6 Å². The van der Waals surface area contributed by atoms with Crippen molar-refractivity contribution in [3.8, 4) is 0 Å². The summed E-state index contributed by atoms with van der Waals surface area (Å²) in [5, 5.41) is 20.6. The lowest BCUT2D eigenvalue weighted by Crippen LogP contribution is -2.46. The first-order valence-corrected chi connectivity index (χ1v) is 7.71. The first-order chi connectivity index (χ1) is 10.2. The van der Waals surface area contributed by atoms with Crippen molar-refractivity contribution in [2.24, 2.45) is 5.41 Å². The molecule has 3 rings (SSSR count). The number of aromatic nitrogens is 3. The summed E-state index contributed by atoms with van der Waals surface area (Å²) in [6, 6.07) is 5.41. The summed E-state index contributed by atoms with van der Waals surface area (Å²) < 4.78 is 0. The highest BCUT2D eigenvalue weighted by Crippen LogP contribution is 2.38. The van der Waals surface area contributed by atoms with E-state index in [1.54, 1.807) is 16.9 Å². The zero-order valence-corrected chi connectivity index (χ0v) is 14.0. The number of hydrogen-bond donors (Lipinski definition) is 1. The summed E-state index contributed by atoms with van der Waals surface area (Å²) in [6.45, 7) is 8.21. The van der Waals surface area contributed by atoms with Crippen LogP contribution < -0.4 is 0 Å². The molecular formula is C17H20ClN3O. The van der Waals surface area contributed by atoms with Crippen molar-refractivity contribution in [1.82, 2.24) is 15.0 Å². The molecule has 116 valence electrons. The molecule has 0 amide bonds. The predicted octanol–water partition coefficient (Wildman–Crippen LogP) is 3.70. The first kappa shape index (κ1) is 15.3. The van der Waals surface area contributed by atoms with E-state index >= 15 is 0 Å². The summed E-state index contributed by atoms with van der Waals surface area (Å²) >= 11 is 6.01. The number of aliphatic hydroxyl groups is 1. The fourth-order valence-corrected chi connectivity index (χ4v) is 2.95. The van der Waals surface area contributed by atoms with Gasteiger partial charge in [-0.3, -0.25) is 0 Å². The molecule has 1 aliphatic carbocycles. The Labute approximate surface area is 135 Å². The minimum absolute atomic E-state index is 0.124. The van der Waals surface area contributed by atoms with Gasteiger partial charge in [0.1, 0.15) is 22.7 Å². The Morgan fingerprint density at radius 2 is 1.91 bits per heavy atom. The molecule has 0 saturated carbocycles. The van der Waals surface area contributed by atoms with Gasteiger partial charge in [-0.25, -0.2) is 0 Å². The third kappa shape index (κ3) is 2.36. The zero-order valence-electron chi connectivity index (χ0n) is 13.2. The highest BCUT2D eigenvalue weighted by Gasteiger charge is 2.41. The number of allylic oxidation sites excluding steroid dienone is 2. The van der Waals surface area contributed by atoms with Gasteiger partial charge in [-0.1, -0.05) is 50.6 Å². The van der Waals surface area contributed by atoms with E-state index in [1.165, 1.54) is 0 Å². The van der Waals surface area contributed by atoms with E-state index in [0.29, 0.717) is 5.02 Å². The topological polar surface area (TPSA) is 50.9 Å². The molecule has 0 spiro atoms. The van der Waals surface area contributed by atoms with E-state index in [2.05, 4.69) is 31.0 Å². The molecule has 5 heteroatoms. The predicted molar refractivity (Wildman–Crippen MR) is 88.9 cm³/mol. The van der Waals surface area contributed by atoms with Gasteiger partial charge < -0.3 is 5.11 Å². The van der Waals surface area contributed by atoms with Crippen LogP contribution in [-0.4, -0.2) is 26.2 Å². The Kier molecular flexibility index (Phi) is 3.42. The van der Waals surface area contributed by atoms with Crippen LogP contribution in [0.25, 0.3) is 11.0 Å². The molecule has 0 fully saturated rings. The Hall–Kier alpha value is -1.65. The van der Waals surface area contributed by atoms with E-state index < -0.39 is 11.6 Å². The molecule has 22 heavy (non-hydrogen) atoms. The number of rotatable bonds is 1. The molecule has 2 unspecified atom stereocenters. The number of fused-ring (bicyclic) bond motifs is 1. The molecule has 1 heterocycles. The van der Waals surface area contributed by atoms with Crippen LogP contribution in [0.5, 0.6) is 0 Å². The number of hydrogen-bond acceptors (Lipinski definition) is 3. The average molecular weight is 318 g/mol. The van der Waals surface area contributed by atoms with Crippen molar-refractivity contribution >= 4 is 22.6 Å². The molecule has 4 nitrogen and oxygen atoms in total. The number of halogens is 1. The molecule has 2 aromatic rings. The summed E-state index contributed by atoms with van der Waals surface area (Å²) in [5.74, 6) is 0. The quantitative estimate of drug-likeness (QED) is 0.872. The molecule has 1 aromatic heterocycles. The second-order valence-electron chi connectivity index (χ2n) is 6.98. The van der Waals surface area contributed by atoms with Gasteiger partial charge in [-0.05, 0) is 36.1 Å². The third-order valence-electron chi connectivity index (χ3n) is 4.20. The molecule has 1 aliphatic rings. The Bertz CT molecular complexity index is 785. The smallest absolute Gasteiger partial charge is 0.127 e. The summed E-state index contributed by atoms with van der Waals surface area (Å²) in [7, 11) is 0. The SMILES string of the molecule is CC(C)(C)C1=CC=CC(C)(n2nc3ccc(Cl)cc3n2)C1O. The minimum Gasteiger partial charge on any atom is -0.386 e. The van der Waals surface area contributed by atoms with Crippen molar-refractivity contribution < 1.29 is 5.11 Å². The highest BCUT2D eigenvalue weighted by molar-refractivity contribution is 6.31. The third-order valence-corrected chi connectivity index (χ3v) is 4.43. The maximum atomic E-state index is 10.9. The first-order valence-electron chi connectivity index (χ1n) is 7.33. The zero-order chi connectivity index (χ0) is 16.1. The molecule has 0 aliphatic heterocycles. The van der Waals surface area contributed by atoms with Crippen LogP contribution >= 0.6 is 11.6 Å². The molecule has 0 saturated heterocycles. The van der Waals surface area contributed by atoms with E-state index in [1.807, 2.05) is 31.2 Å². The molecule has 1 aromatic carbocycles. The van der Waals surface area contributed by atoms with Gasteiger partial charge in [0.05, 0.1) is 0 Å². The average Bonchev–Trinajstić information content (AvgIpc) is 2.84. The molecule has 0 bridgehead atoms. The van der Waals surface area contributed by atoms with Crippen LogP contribution in [0, 0.1) is 5.41 Å². The summed E-state index contributed by atoms with van der Waals surface area (Å²) in [4.78, 5) is 1.59. The van der Waals surface area contributed by atoms with Crippen LogP contribution in [0.4, 0.5) is 0 Å². The molecule has 2 atom stereocenters. The normalized spacial score (nSPS) is 25.5. The van der Waals surface area contributed by atoms with Gasteiger partial charge in [0.25, 0.3) is 0 Å². The Morgan fingerprint density at radius 1 is 1.23 bits per heavy atom. The molecule has 1 N–H and O–H groups in total. The second kappa shape index (κ2) is 4.93. The van der Waals surface area contributed by atoms with Crippen molar-refractivity contribution in [2.75, 3.05) is 0 Å². The standard InChI is InChI=1S/C17H20ClN3O/c1-16(2,3)12-6-5-9-17(4,15(12)22)21-19-13-8-7-11(18)10-14(13)20-21/h5-10,15,22H,1-4H3. The van der Waals surface area contributed by atoms with E-state index in [9.17, 15) is 5.11 Å². The van der Waals surface area contributed by atoms with Crippen molar-refractivity contribution in [2.45, 2.75) is 39.3 Å². The Balaban J connectivity index is 2.09. The van der Waals surface area contributed by atoms with Crippen LogP contribution in [-0.2, 0) is 5.54 Å². The lowest BCUT2D eigenvalue weighted by atomic mass is 9.74. The summed E-state index contributed by atoms with van der Waals surface area (Å²) in [5.41, 5.74) is 1.61. The molecular weight excluding hydrogens is 298 g/mol. The van der Waals surface area contributed by atoms with Gasteiger partial charge in [0, 0.05) is 5.02 Å². The maximum absolute atomic E-state index is 10.9. The van der Waals surface area contributed by atoms with Gasteiger partial charge in [0.2, 0.25) is 0 Å². The van der Waals surface area contributed by atoms with Gasteiger partial charge in [-0.15, -0.1) is 0 Å². The lowest BCUT2D eigenvalue weighted by molar-refractivity contribution is 0.0719. The van der Waals surface area contributed by atoms with Crippen molar-refractivity contribution in [3.05, 3.63) is 47.0 Å². The van der Waals surface area contributed by atoms with Crippen molar-refractivity contribution in [1.29, 1.82) is 0 Å². The van der Waals surface area contributed by atoms with Crippen LogP contribution in [0.3, 0.4) is 0 Å². The minimum atomic E-state index is -0.719. The fraction of sp³-hybridized carbons (Fsp3) is 0.412. The largest absolute Gasteiger partial charge is 0.386 e. The summed E-state index contributed by atoms with van der Waals surface area (Å²) in [6.07, 6.45) is 5.20. The lowest BCUT2D eigenvalue weighted by Gasteiger charge is -2.39. The van der Waals surface area contributed by atoms with Crippen LogP contribution in [0.2, 0.25) is 5.02 Å².